The third kappa shape index (κ3) is 4.97. The number of hydrogen-bond donors (Lipinski definition) is 2. The SMILES string of the molecule is COCCOCC(=O)NC1C=CC(C(=O)O)C1. The van der Waals surface area contributed by atoms with Crippen LogP contribution in [0.1, 0.15) is 6.42 Å². The van der Waals surface area contributed by atoms with Gasteiger partial charge in [-0.3, -0.25) is 9.59 Å². The van der Waals surface area contributed by atoms with Crippen LogP contribution < -0.4 is 5.32 Å². The van der Waals surface area contributed by atoms with Gasteiger partial charge < -0.3 is 19.9 Å². The molecule has 0 saturated heterocycles. The first-order valence-electron chi connectivity index (χ1n) is 5.40. The molecule has 0 bridgehead atoms. The quantitative estimate of drug-likeness (QED) is 0.477. The Kier molecular flexibility index (Phi) is 5.65. The molecule has 96 valence electrons. The molecule has 0 saturated carbocycles. The first-order valence-corrected chi connectivity index (χ1v) is 5.40. The lowest BCUT2D eigenvalue weighted by atomic mass is 10.1. The van der Waals surface area contributed by atoms with E-state index in [2.05, 4.69) is 5.32 Å². The fourth-order valence-corrected chi connectivity index (χ4v) is 1.54. The van der Waals surface area contributed by atoms with Crippen LogP contribution in [0.2, 0.25) is 0 Å². The number of ether oxygens (including phenoxy) is 2. The Hall–Kier alpha value is -1.40. The van der Waals surface area contributed by atoms with Gasteiger partial charge in [0.15, 0.2) is 0 Å². The van der Waals surface area contributed by atoms with Gasteiger partial charge in [0.1, 0.15) is 6.61 Å². The summed E-state index contributed by atoms with van der Waals surface area (Å²) in [5, 5.41) is 11.4. The Labute approximate surface area is 99.6 Å². The molecule has 1 rings (SSSR count). The van der Waals surface area contributed by atoms with Crippen LogP contribution in [0.3, 0.4) is 0 Å². The van der Waals surface area contributed by atoms with E-state index in [1.54, 1.807) is 19.3 Å². The zero-order valence-electron chi connectivity index (χ0n) is 9.72. The summed E-state index contributed by atoms with van der Waals surface area (Å²) in [6.45, 7) is 0.769. The van der Waals surface area contributed by atoms with E-state index in [1.165, 1.54) is 0 Å². The van der Waals surface area contributed by atoms with E-state index in [9.17, 15) is 9.59 Å². The highest BCUT2D eigenvalue weighted by Crippen LogP contribution is 2.17. The Balaban J connectivity index is 2.16. The van der Waals surface area contributed by atoms with Crippen LogP contribution in [0.5, 0.6) is 0 Å². The number of carboxylic acids is 1. The van der Waals surface area contributed by atoms with E-state index in [0.717, 1.165) is 0 Å². The van der Waals surface area contributed by atoms with E-state index < -0.39 is 11.9 Å². The van der Waals surface area contributed by atoms with Crippen molar-refractivity contribution in [3.05, 3.63) is 12.2 Å². The first kappa shape index (κ1) is 13.7. The maximum Gasteiger partial charge on any atom is 0.310 e. The summed E-state index contributed by atoms with van der Waals surface area (Å²) in [5.74, 6) is -1.62. The molecular formula is C11H17NO5. The molecule has 6 nitrogen and oxygen atoms in total. The third-order valence-electron chi connectivity index (χ3n) is 2.41. The second kappa shape index (κ2) is 7.03. The van der Waals surface area contributed by atoms with Crippen molar-refractivity contribution in [3.63, 3.8) is 0 Å². The lowest BCUT2D eigenvalue weighted by Gasteiger charge is -2.12. The van der Waals surface area contributed by atoms with Crippen LogP contribution in [0.25, 0.3) is 0 Å². The van der Waals surface area contributed by atoms with Crippen LogP contribution in [0.15, 0.2) is 12.2 Å². The molecule has 0 aromatic heterocycles. The van der Waals surface area contributed by atoms with E-state index >= 15 is 0 Å². The average Bonchev–Trinajstić information content (AvgIpc) is 2.73. The molecule has 0 aromatic rings. The highest BCUT2D eigenvalue weighted by Gasteiger charge is 2.25. The van der Waals surface area contributed by atoms with Crippen LogP contribution >= 0.6 is 0 Å². The topological polar surface area (TPSA) is 84.9 Å². The molecule has 0 fully saturated rings. The van der Waals surface area contributed by atoms with Crippen LogP contribution in [0.4, 0.5) is 0 Å². The summed E-state index contributed by atoms with van der Waals surface area (Å²) in [4.78, 5) is 22.1. The maximum absolute atomic E-state index is 11.4. The largest absolute Gasteiger partial charge is 0.481 e. The normalized spacial score (nSPS) is 22.6. The van der Waals surface area contributed by atoms with Crippen molar-refractivity contribution in [2.75, 3.05) is 26.9 Å². The molecule has 2 unspecified atom stereocenters. The number of rotatable bonds is 7. The molecule has 0 heterocycles. The minimum Gasteiger partial charge on any atom is -0.481 e. The summed E-state index contributed by atoms with van der Waals surface area (Å²) in [6, 6.07) is -0.213. The summed E-state index contributed by atoms with van der Waals surface area (Å²) in [5.41, 5.74) is 0. The molecule has 1 aliphatic carbocycles. The molecule has 2 N–H and O–H groups in total. The van der Waals surface area contributed by atoms with Crippen molar-refractivity contribution >= 4 is 11.9 Å². The van der Waals surface area contributed by atoms with Crippen LogP contribution in [-0.2, 0) is 19.1 Å². The molecule has 6 heteroatoms. The number of methoxy groups -OCH3 is 1. The van der Waals surface area contributed by atoms with Gasteiger partial charge >= 0.3 is 5.97 Å². The number of amides is 1. The van der Waals surface area contributed by atoms with Crippen molar-refractivity contribution < 1.29 is 24.2 Å². The standard InChI is InChI=1S/C11H17NO5/c1-16-4-5-17-7-10(13)12-9-3-2-8(6-9)11(14)15/h2-3,8-9H,4-7H2,1H3,(H,12,13)(H,14,15). The molecule has 0 spiro atoms. The third-order valence-corrected chi connectivity index (χ3v) is 2.41. The fraction of sp³-hybridized carbons (Fsp3) is 0.636. The predicted octanol–water partition coefficient (Wildman–Crippen LogP) is -0.205. The van der Waals surface area contributed by atoms with Gasteiger partial charge in [-0.25, -0.2) is 0 Å². The van der Waals surface area contributed by atoms with Gasteiger partial charge in [0, 0.05) is 13.2 Å². The Morgan fingerprint density at radius 2 is 2.18 bits per heavy atom. The Bertz CT molecular complexity index is 302. The van der Waals surface area contributed by atoms with Gasteiger partial charge in [-0.05, 0) is 6.42 Å². The molecule has 0 aromatic carbocycles. The lowest BCUT2D eigenvalue weighted by Crippen LogP contribution is -2.36. The number of hydrogen-bond acceptors (Lipinski definition) is 4. The summed E-state index contributed by atoms with van der Waals surface area (Å²) in [7, 11) is 1.55. The number of aliphatic carboxylic acids is 1. The monoisotopic (exact) mass is 243 g/mol. The molecule has 1 amide bonds. The van der Waals surface area contributed by atoms with E-state index in [0.29, 0.717) is 19.6 Å². The van der Waals surface area contributed by atoms with Crippen molar-refractivity contribution in [2.24, 2.45) is 5.92 Å². The smallest absolute Gasteiger partial charge is 0.310 e. The number of carbonyl (C=O) groups excluding carboxylic acids is 1. The van der Waals surface area contributed by atoms with Gasteiger partial charge in [0.25, 0.3) is 0 Å². The second-order valence-corrected chi connectivity index (χ2v) is 3.78. The summed E-state index contributed by atoms with van der Waals surface area (Å²) >= 11 is 0. The minimum atomic E-state index is -0.866. The van der Waals surface area contributed by atoms with Gasteiger partial charge in [-0.1, -0.05) is 12.2 Å². The zero-order valence-corrected chi connectivity index (χ0v) is 9.72. The first-order chi connectivity index (χ1) is 8.13. The van der Waals surface area contributed by atoms with Crippen molar-refractivity contribution in [2.45, 2.75) is 12.5 Å². The van der Waals surface area contributed by atoms with Gasteiger partial charge in [0.05, 0.1) is 19.1 Å². The molecular weight excluding hydrogens is 226 g/mol. The van der Waals surface area contributed by atoms with E-state index in [1.807, 2.05) is 0 Å². The van der Waals surface area contributed by atoms with Crippen molar-refractivity contribution in [1.29, 1.82) is 0 Å². The van der Waals surface area contributed by atoms with Gasteiger partial charge in [-0.15, -0.1) is 0 Å². The second-order valence-electron chi connectivity index (χ2n) is 3.78. The minimum absolute atomic E-state index is 0.0363. The molecule has 0 radical (unpaired) electrons. The van der Waals surface area contributed by atoms with Crippen LogP contribution in [0, 0.1) is 5.92 Å². The maximum atomic E-state index is 11.4. The van der Waals surface area contributed by atoms with E-state index in [4.69, 9.17) is 14.6 Å². The van der Waals surface area contributed by atoms with Gasteiger partial charge in [0.2, 0.25) is 5.91 Å². The van der Waals surface area contributed by atoms with Gasteiger partial charge in [-0.2, -0.15) is 0 Å². The Morgan fingerprint density at radius 3 is 2.76 bits per heavy atom. The average molecular weight is 243 g/mol. The highest BCUT2D eigenvalue weighted by molar-refractivity contribution is 5.78. The Morgan fingerprint density at radius 1 is 1.41 bits per heavy atom. The van der Waals surface area contributed by atoms with Crippen LogP contribution in [-0.4, -0.2) is 50.0 Å². The number of carboxylic acid groups (broad SMARTS) is 1. The summed E-state index contributed by atoms with van der Waals surface area (Å²) < 4.78 is 9.81. The zero-order chi connectivity index (χ0) is 12.7. The number of nitrogens with one attached hydrogen (secondary N) is 1. The fourth-order valence-electron chi connectivity index (χ4n) is 1.54. The number of carbonyl (C=O) groups is 2. The predicted molar refractivity (Wildman–Crippen MR) is 59.5 cm³/mol. The molecule has 17 heavy (non-hydrogen) atoms. The molecule has 1 aliphatic rings. The summed E-state index contributed by atoms with van der Waals surface area (Å²) in [6.07, 6.45) is 3.70. The lowest BCUT2D eigenvalue weighted by molar-refractivity contribution is -0.140. The van der Waals surface area contributed by atoms with Crippen molar-refractivity contribution in [3.8, 4) is 0 Å². The van der Waals surface area contributed by atoms with E-state index in [-0.39, 0.29) is 18.6 Å². The highest BCUT2D eigenvalue weighted by atomic mass is 16.5. The molecule has 0 aliphatic heterocycles. The molecule has 2 atom stereocenters. The van der Waals surface area contributed by atoms with Crippen molar-refractivity contribution in [1.82, 2.24) is 5.32 Å².